The molecule has 1 aliphatic rings. The van der Waals surface area contributed by atoms with Crippen LogP contribution in [0.5, 0.6) is 11.5 Å². The van der Waals surface area contributed by atoms with E-state index in [4.69, 9.17) is 4.74 Å². The number of anilines is 2. The van der Waals surface area contributed by atoms with E-state index < -0.39 is 12.0 Å². The Morgan fingerprint density at radius 3 is 2.27 bits per heavy atom. The van der Waals surface area contributed by atoms with Crippen molar-refractivity contribution in [2.45, 2.75) is 45.4 Å². The number of aromatic carboxylic acids is 1. The number of carbonyl (C=O) groups is 3. The summed E-state index contributed by atoms with van der Waals surface area (Å²) in [6.45, 7) is 6.26. The predicted molar refractivity (Wildman–Crippen MR) is 171 cm³/mol. The zero-order valence-corrected chi connectivity index (χ0v) is 25.2. The summed E-state index contributed by atoms with van der Waals surface area (Å²) in [6, 6.07) is 19.8. The minimum absolute atomic E-state index is 0.0726. The summed E-state index contributed by atoms with van der Waals surface area (Å²) in [4.78, 5) is 39.1. The average Bonchev–Trinajstić information content (AvgIpc) is 3.48. The van der Waals surface area contributed by atoms with Gasteiger partial charge in [-0.2, -0.15) is 0 Å². The Bertz CT molecular complexity index is 1640. The number of benzene rings is 3. The van der Waals surface area contributed by atoms with Crippen LogP contribution in [0.1, 0.15) is 53.0 Å². The Morgan fingerprint density at radius 2 is 1.60 bits per heavy atom. The predicted octanol–water partition coefficient (Wildman–Crippen LogP) is 5.71. The normalized spacial score (nSPS) is 13.8. The second-order valence-electron chi connectivity index (χ2n) is 11.3. The zero-order valence-electron chi connectivity index (χ0n) is 25.2. The molecule has 1 fully saturated rings. The first-order valence-corrected chi connectivity index (χ1v) is 14.8. The van der Waals surface area contributed by atoms with Crippen LogP contribution in [-0.2, 0) is 6.54 Å². The maximum Gasteiger partial charge on any atom is 0.339 e. The van der Waals surface area contributed by atoms with Crippen LogP contribution in [0.4, 0.5) is 16.2 Å². The summed E-state index contributed by atoms with van der Waals surface area (Å²) >= 11 is 0. The molecule has 0 aliphatic carbocycles. The molecule has 0 atom stereocenters. The molecular formula is C34H37N5O6. The van der Waals surface area contributed by atoms with Gasteiger partial charge in [-0.05, 0) is 105 Å². The summed E-state index contributed by atoms with van der Waals surface area (Å²) in [7, 11) is 0. The minimum atomic E-state index is -1.20. The van der Waals surface area contributed by atoms with E-state index in [1.54, 1.807) is 42.5 Å². The van der Waals surface area contributed by atoms with Crippen LogP contribution in [0.15, 0.2) is 85.2 Å². The fraction of sp³-hybridized carbons (Fsp3) is 0.265. The van der Waals surface area contributed by atoms with Crippen molar-refractivity contribution >= 4 is 29.3 Å². The fourth-order valence-electron chi connectivity index (χ4n) is 5.05. The van der Waals surface area contributed by atoms with E-state index >= 15 is 0 Å². The molecule has 11 nitrogen and oxygen atoms in total. The maximum atomic E-state index is 12.9. The number of aromatic nitrogens is 1. The van der Waals surface area contributed by atoms with Crippen LogP contribution in [0.2, 0.25) is 0 Å². The minimum Gasteiger partial charge on any atom is -0.478 e. The lowest BCUT2D eigenvalue weighted by molar-refractivity contribution is 0.0693. The largest absolute Gasteiger partial charge is 0.478 e. The third kappa shape index (κ3) is 8.49. The number of carbonyl (C=O) groups excluding carboxylic acids is 2. The van der Waals surface area contributed by atoms with Crippen LogP contribution in [0.25, 0.3) is 5.69 Å². The number of nitrogens with one attached hydrogen (secondary N) is 3. The number of ether oxygens (including phenoxy) is 1. The lowest BCUT2D eigenvalue weighted by atomic mass is 10.1. The van der Waals surface area contributed by atoms with E-state index in [2.05, 4.69) is 33.1 Å². The Hall–Kier alpha value is -5.13. The smallest absolute Gasteiger partial charge is 0.339 e. The Balaban J connectivity index is 1.17. The topological polar surface area (TPSA) is 145 Å². The molecule has 5 N–H and O–H groups in total. The molecule has 0 saturated carbocycles. The van der Waals surface area contributed by atoms with E-state index in [-0.39, 0.29) is 29.4 Å². The number of likely N-dealkylation sites (tertiary alicyclic amines) is 1. The van der Waals surface area contributed by atoms with Crippen molar-refractivity contribution in [3.63, 3.8) is 0 Å². The molecule has 0 spiro atoms. The molecule has 45 heavy (non-hydrogen) atoms. The molecule has 1 saturated heterocycles. The lowest BCUT2D eigenvalue weighted by Gasteiger charge is -2.29. The average molecular weight is 612 g/mol. The summed E-state index contributed by atoms with van der Waals surface area (Å²) in [6.07, 6.45) is 5.52. The van der Waals surface area contributed by atoms with Gasteiger partial charge in [0.15, 0.2) is 0 Å². The van der Waals surface area contributed by atoms with Crippen LogP contribution in [0, 0.1) is 0 Å². The Kier molecular flexibility index (Phi) is 9.81. The van der Waals surface area contributed by atoms with E-state index in [0.29, 0.717) is 22.7 Å². The number of amides is 3. The maximum absolute atomic E-state index is 12.9. The SMILES string of the molecule is CC(C)NC(=O)Nc1ccc(Oc2ccc(NC(=O)c3ccc(-n4ccc(CN5CCC(O)CC5)c4)cc3)cc2)c(C(=O)O)c1. The molecule has 2 heterocycles. The van der Waals surface area contributed by atoms with Crippen LogP contribution >= 0.6 is 0 Å². The van der Waals surface area contributed by atoms with Crippen LogP contribution < -0.4 is 20.7 Å². The van der Waals surface area contributed by atoms with Gasteiger partial charge in [0.25, 0.3) is 5.91 Å². The van der Waals surface area contributed by atoms with E-state index in [1.165, 1.54) is 17.7 Å². The standard InChI is InChI=1S/C34H37N5O6/c1-22(2)35-34(44)37-26-7-12-31(30(19-26)33(42)43)45-29-10-5-25(6-11-29)36-32(41)24-3-8-27(9-4-24)39-18-13-23(21-39)20-38-16-14-28(40)15-17-38/h3-13,18-19,21-22,28,40H,14-17,20H2,1-2H3,(H,36,41)(H,42,43)(H2,35,37,44). The Morgan fingerprint density at radius 1 is 0.911 bits per heavy atom. The molecule has 4 aromatic rings. The number of urea groups is 1. The van der Waals surface area contributed by atoms with Crippen molar-refractivity contribution in [2.75, 3.05) is 23.7 Å². The molecule has 3 amide bonds. The number of piperidine rings is 1. The van der Waals surface area contributed by atoms with Crippen molar-refractivity contribution in [2.24, 2.45) is 0 Å². The molecule has 3 aromatic carbocycles. The summed E-state index contributed by atoms with van der Waals surface area (Å²) in [5, 5.41) is 27.6. The highest BCUT2D eigenvalue weighted by atomic mass is 16.5. The number of carboxylic acids is 1. The second kappa shape index (κ2) is 14.1. The molecule has 234 valence electrons. The third-order valence-electron chi connectivity index (χ3n) is 7.37. The summed E-state index contributed by atoms with van der Waals surface area (Å²) in [5.41, 5.74) is 3.39. The molecule has 0 radical (unpaired) electrons. The number of aliphatic hydroxyl groups excluding tert-OH is 1. The molecular weight excluding hydrogens is 574 g/mol. The molecule has 0 unspecified atom stereocenters. The van der Waals surface area contributed by atoms with Crippen molar-refractivity contribution in [1.29, 1.82) is 0 Å². The van der Waals surface area contributed by atoms with Crippen molar-refractivity contribution in [3.8, 4) is 17.2 Å². The highest BCUT2D eigenvalue weighted by Crippen LogP contribution is 2.29. The van der Waals surface area contributed by atoms with Gasteiger partial charge >= 0.3 is 12.0 Å². The number of aliphatic hydroxyl groups is 1. The fourth-order valence-corrected chi connectivity index (χ4v) is 5.05. The van der Waals surface area contributed by atoms with E-state index in [1.807, 2.05) is 36.7 Å². The summed E-state index contributed by atoms with van der Waals surface area (Å²) < 4.78 is 7.83. The van der Waals surface area contributed by atoms with Gasteiger partial charge in [-0.25, -0.2) is 9.59 Å². The van der Waals surface area contributed by atoms with E-state index in [0.717, 1.165) is 38.2 Å². The van der Waals surface area contributed by atoms with Crippen molar-refractivity contribution in [1.82, 2.24) is 14.8 Å². The third-order valence-corrected chi connectivity index (χ3v) is 7.37. The quantitative estimate of drug-likeness (QED) is 0.155. The van der Waals surface area contributed by atoms with Crippen LogP contribution in [0.3, 0.4) is 0 Å². The number of hydrogen-bond donors (Lipinski definition) is 5. The molecule has 11 heteroatoms. The number of nitrogens with zero attached hydrogens (tertiary/aromatic N) is 2. The monoisotopic (exact) mass is 611 g/mol. The highest BCUT2D eigenvalue weighted by molar-refractivity contribution is 6.04. The first-order valence-electron chi connectivity index (χ1n) is 14.8. The number of rotatable bonds is 10. The van der Waals surface area contributed by atoms with Gasteiger partial charge < -0.3 is 35.5 Å². The first kappa shape index (κ1) is 31.3. The van der Waals surface area contributed by atoms with Crippen molar-refractivity contribution in [3.05, 3.63) is 102 Å². The second-order valence-corrected chi connectivity index (χ2v) is 11.3. The van der Waals surface area contributed by atoms with Gasteiger partial charge in [0.05, 0.1) is 6.10 Å². The summed E-state index contributed by atoms with van der Waals surface area (Å²) in [5.74, 6) is -0.991. The number of hydrogen-bond acceptors (Lipinski definition) is 6. The molecule has 1 aliphatic heterocycles. The van der Waals surface area contributed by atoms with Gasteiger partial charge in [0.2, 0.25) is 0 Å². The van der Waals surface area contributed by atoms with E-state index in [9.17, 15) is 24.6 Å². The van der Waals surface area contributed by atoms with Gasteiger partial charge in [-0.1, -0.05) is 0 Å². The molecule has 1 aromatic heterocycles. The van der Waals surface area contributed by atoms with Crippen molar-refractivity contribution < 1.29 is 29.3 Å². The zero-order chi connectivity index (χ0) is 31.9. The first-order chi connectivity index (χ1) is 21.6. The lowest BCUT2D eigenvalue weighted by Crippen LogP contribution is -2.35. The van der Waals surface area contributed by atoms with Gasteiger partial charge in [-0.3, -0.25) is 9.69 Å². The van der Waals surface area contributed by atoms with Gasteiger partial charge in [-0.15, -0.1) is 0 Å². The van der Waals surface area contributed by atoms with Gasteiger partial charge in [0.1, 0.15) is 17.1 Å². The number of carboxylic acid groups (broad SMARTS) is 1. The molecule has 0 bridgehead atoms. The molecule has 5 rings (SSSR count). The highest BCUT2D eigenvalue weighted by Gasteiger charge is 2.18. The van der Waals surface area contributed by atoms with Crippen LogP contribution in [-0.4, -0.2) is 62.8 Å². The Labute approximate surface area is 261 Å². The van der Waals surface area contributed by atoms with Gasteiger partial charge in [0, 0.05) is 60.7 Å².